The highest BCUT2D eigenvalue weighted by molar-refractivity contribution is 9.10. The molecule has 128 valence electrons. The van der Waals surface area contributed by atoms with Crippen LogP contribution in [0.4, 0.5) is 4.79 Å². The van der Waals surface area contributed by atoms with Gasteiger partial charge in [-0.2, -0.15) is 0 Å². The van der Waals surface area contributed by atoms with Crippen LogP contribution in [0.15, 0.2) is 53.0 Å². The summed E-state index contributed by atoms with van der Waals surface area (Å²) >= 11 is 3.52. The van der Waals surface area contributed by atoms with E-state index in [4.69, 9.17) is 4.74 Å². The Labute approximate surface area is 151 Å². The van der Waals surface area contributed by atoms with Crippen LogP contribution in [0.2, 0.25) is 0 Å². The molecule has 2 rings (SSSR count). The molecular formula is C19H23BrN2O2. The fourth-order valence-corrected chi connectivity index (χ4v) is 3.19. The van der Waals surface area contributed by atoms with E-state index in [2.05, 4.69) is 26.6 Å². The van der Waals surface area contributed by atoms with Crippen LogP contribution < -0.4 is 15.4 Å². The largest absolute Gasteiger partial charge is 0.497 e. The van der Waals surface area contributed by atoms with Gasteiger partial charge in [0, 0.05) is 4.47 Å². The van der Waals surface area contributed by atoms with Crippen LogP contribution in [0.1, 0.15) is 43.5 Å². The molecule has 0 spiro atoms. The lowest BCUT2D eigenvalue weighted by Crippen LogP contribution is -2.39. The molecule has 2 atom stereocenters. The number of amides is 2. The number of methoxy groups -OCH3 is 1. The Morgan fingerprint density at radius 1 is 1.12 bits per heavy atom. The maximum absolute atomic E-state index is 12.3. The number of urea groups is 1. The molecule has 2 unspecified atom stereocenters. The van der Waals surface area contributed by atoms with E-state index in [-0.39, 0.29) is 18.1 Å². The van der Waals surface area contributed by atoms with Crippen molar-refractivity contribution in [2.75, 3.05) is 7.11 Å². The molecule has 24 heavy (non-hydrogen) atoms. The highest BCUT2D eigenvalue weighted by atomic mass is 79.9. The molecule has 0 saturated carbocycles. The third-order valence-electron chi connectivity index (χ3n) is 3.95. The first-order valence-electron chi connectivity index (χ1n) is 8.00. The summed E-state index contributed by atoms with van der Waals surface area (Å²) in [5.41, 5.74) is 2.10. The molecule has 0 radical (unpaired) electrons. The van der Waals surface area contributed by atoms with E-state index in [1.54, 1.807) is 7.11 Å². The van der Waals surface area contributed by atoms with Crippen LogP contribution in [0, 0.1) is 0 Å². The van der Waals surface area contributed by atoms with Crippen LogP contribution in [0.25, 0.3) is 0 Å². The quantitative estimate of drug-likeness (QED) is 0.731. The van der Waals surface area contributed by atoms with Gasteiger partial charge >= 0.3 is 6.03 Å². The molecule has 2 N–H and O–H groups in total. The van der Waals surface area contributed by atoms with Crippen molar-refractivity contribution in [1.29, 1.82) is 0 Å². The summed E-state index contributed by atoms with van der Waals surface area (Å²) in [7, 11) is 1.64. The zero-order valence-electron chi connectivity index (χ0n) is 14.2. The average Bonchev–Trinajstić information content (AvgIpc) is 2.60. The normalized spacial score (nSPS) is 13.0. The predicted octanol–water partition coefficient (Wildman–Crippen LogP) is 4.97. The van der Waals surface area contributed by atoms with Crippen molar-refractivity contribution >= 4 is 22.0 Å². The third-order valence-corrected chi connectivity index (χ3v) is 4.67. The van der Waals surface area contributed by atoms with Gasteiger partial charge in [-0.15, -0.1) is 0 Å². The minimum absolute atomic E-state index is 0.0395. The molecule has 0 bridgehead atoms. The summed E-state index contributed by atoms with van der Waals surface area (Å²) in [6.45, 7) is 4.01. The molecule has 0 heterocycles. The number of nitrogens with one attached hydrogen (secondary N) is 2. The van der Waals surface area contributed by atoms with Crippen LogP contribution in [-0.2, 0) is 0 Å². The topological polar surface area (TPSA) is 50.4 Å². The molecule has 0 aromatic heterocycles. The molecule has 0 fully saturated rings. The second-order valence-electron chi connectivity index (χ2n) is 5.59. The lowest BCUT2D eigenvalue weighted by molar-refractivity contribution is 0.233. The van der Waals surface area contributed by atoms with Gasteiger partial charge in [-0.1, -0.05) is 53.2 Å². The van der Waals surface area contributed by atoms with E-state index in [1.807, 2.05) is 62.4 Å². The van der Waals surface area contributed by atoms with E-state index >= 15 is 0 Å². The molecule has 0 saturated heterocycles. The Balaban J connectivity index is 2.00. The molecule has 4 nitrogen and oxygen atoms in total. The Bertz CT molecular complexity index is 673. The number of carbonyl (C=O) groups is 1. The summed E-state index contributed by atoms with van der Waals surface area (Å²) in [6.07, 6.45) is 0.809. The predicted molar refractivity (Wildman–Crippen MR) is 100 cm³/mol. The van der Waals surface area contributed by atoms with Gasteiger partial charge in [-0.3, -0.25) is 0 Å². The summed E-state index contributed by atoms with van der Waals surface area (Å²) in [5.74, 6) is 0.806. The van der Waals surface area contributed by atoms with Gasteiger partial charge in [0.1, 0.15) is 5.75 Å². The van der Waals surface area contributed by atoms with E-state index in [1.165, 1.54) is 0 Å². The monoisotopic (exact) mass is 390 g/mol. The van der Waals surface area contributed by atoms with Crippen LogP contribution in [-0.4, -0.2) is 13.1 Å². The summed E-state index contributed by atoms with van der Waals surface area (Å²) in [6, 6.07) is 15.3. The van der Waals surface area contributed by atoms with Gasteiger partial charge in [-0.25, -0.2) is 4.79 Å². The number of hydrogen-bond acceptors (Lipinski definition) is 2. The zero-order chi connectivity index (χ0) is 17.5. The van der Waals surface area contributed by atoms with Crippen molar-refractivity contribution in [1.82, 2.24) is 10.6 Å². The Morgan fingerprint density at radius 2 is 1.79 bits per heavy atom. The van der Waals surface area contributed by atoms with Crippen molar-refractivity contribution in [3.8, 4) is 5.75 Å². The number of benzene rings is 2. The van der Waals surface area contributed by atoms with Crippen LogP contribution >= 0.6 is 15.9 Å². The molecule has 5 heteroatoms. The van der Waals surface area contributed by atoms with Crippen molar-refractivity contribution < 1.29 is 9.53 Å². The highest BCUT2D eigenvalue weighted by Crippen LogP contribution is 2.23. The molecule has 0 aliphatic rings. The fourth-order valence-electron chi connectivity index (χ4n) is 2.56. The lowest BCUT2D eigenvalue weighted by atomic mass is 10.0. The van der Waals surface area contributed by atoms with Crippen LogP contribution in [0.5, 0.6) is 5.75 Å². The van der Waals surface area contributed by atoms with Gasteiger partial charge < -0.3 is 15.4 Å². The Hall–Kier alpha value is -2.01. The smallest absolute Gasteiger partial charge is 0.315 e. The molecular weight excluding hydrogens is 368 g/mol. The number of rotatable bonds is 6. The molecule has 0 aliphatic heterocycles. The first-order valence-corrected chi connectivity index (χ1v) is 8.79. The number of halogens is 1. The van der Waals surface area contributed by atoms with E-state index in [0.29, 0.717) is 0 Å². The second kappa shape index (κ2) is 8.73. The Morgan fingerprint density at radius 3 is 2.38 bits per heavy atom. The van der Waals surface area contributed by atoms with Crippen molar-refractivity contribution in [3.05, 3.63) is 64.1 Å². The number of ether oxygens (including phenoxy) is 1. The summed E-state index contributed by atoms with van der Waals surface area (Å²) in [4.78, 5) is 12.3. The van der Waals surface area contributed by atoms with Gasteiger partial charge in [0.25, 0.3) is 0 Å². The molecule has 0 aliphatic carbocycles. The third kappa shape index (κ3) is 4.74. The number of carbonyl (C=O) groups excluding carboxylic acids is 1. The van der Waals surface area contributed by atoms with Gasteiger partial charge in [0.2, 0.25) is 0 Å². The Kier molecular flexibility index (Phi) is 6.67. The second-order valence-corrected chi connectivity index (χ2v) is 6.45. The number of hydrogen-bond donors (Lipinski definition) is 2. The highest BCUT2D eigenvalue weighted by Gasteiger charge is 2.16. The molecule has 2 aromatic carbocycles. The first-order chi connectivity index (χ1) is 11.5. The minimum atomic E-state index is -0.180. The average molecular weight is 391 g/mol. The van der Waals surface area contributed by atoms with Crippen molar-refractivity contribution in [3.63, 3.8) is 0 Å². The first kappa shape index (κ1) is 18.3. The maximum Gasteiger partial charge on any atom is 0.315 e. The minimum Gasteiger partial charge on any atom is -0.497 e. The van der Waals surface area contributed by atoms with Crippen LogP contribution in [0.3, 0.4) is 0 Å². The van der Waals surface area contributed by atoms with Crippen molar-refractivity contribution in [2.24, 2.45) is 0 Å². The standard InChI is InChI=1S/C19H23BrN2O2/c1-4-18(14-9-11-15(24-3)12-10-14)22-19(23)21-13(2)16-7-5-6-8-17(16)20/h5-13,18H,4H2,1-3H3,(H2,21,22,23). The fraction of sp³-hybridized carbons (Fsp3) is 0.316. The van der Waals surface area contributed by atoms with Gasteiger partial charge in [-0.05, 0) is 42.7 Å². The van der Waals surface area contributed by atoms with Gasteiger partial charge in [0.05, 0.1) is 19.2 Å². The zero-order valence-corrected chi connectivity index (χ0v) is 15.8. The lowest BCUT2D eigenvalue weighted by Gasteiger charge is -2.21. The summed E-state index contributed by atoms with van der Waals surface area (Å²) in [5, 5.41) is 6.02. The molecule has 2 aromatic rings. The molecule has 2 amide bonds. The van der Waals surface area contributed by atoms with Gasteiger partial charge in [0.15, 0.2) is 0 Å². The van der Waals surface area contributed by atoms with E-state index in [9.17, 15) is 4.79 Å². The van der Waals surface area contributed by atoms with Crippen molar-refractivity contribution in [2.45, 2.75) is 32.4 Å². The summed E-state index contributed by atoms with van der Waals surface area (Å²) < 4.78 is 6.16. The van der Waals surface area contributed by atoms with E-state index in [0.717, 1.165) is 27.8 Å². The maximum atomic E-state index is 12.3. The SMILES string of the molecule is CCC(NC(=O)NC(C)c1ccccc1Br)c1ccc(OC)cc1. The van der Waals surface area contributed by atoms with E-state index < -0.39 is 0 Å².